The predicted molar refractivity (Wildman–Crippen MR) is 84.4 cm³/mol. The first-order valence-corrected chi connectivity index (χ1v) is 7.22. The van der Waals surface area contributed by atoms with Gasteiger partial charge in [0.15, 0.2) is 0 Å². The molecule has 0 fully saturated rings. The fraction of sp³-hybridized carbons (Fsp3) is 0.333. The van der Waals surface area contributed by atoms with Gasteiger partial charge in [0.1, 0.15) is 17.3 Å². The lowest BCUT2D eigenvalue weighted by atomic mass is 10.1. The van der Waals surface area contributed by atoms with Gasteiger partial charge >= 0.3 is 0 Å². The molecule has 0 amide bonds. The number of nitrogens with one attached hydrogen (secondary N) is 1. The SMILES string of the molecule is Cc1ccc(Oc2ccc(F)c(C)c2)c(CNC(C)C)c1. The van der Waals surface area contributed by atoms with Crippen molar-refractivity contribution in [2.75, 3.05) is 0 Å². The molecular weight excluding hydrogens is 265 g/mol. The van der Waals surface area contributed by atoms with Crippen LogP contribution in [0.4, 0.5) is 4.39 Å². The third-order valence-corrected chi connectivity index (χ3v) is 3.27. The van der Waals surface area contributed by atoms with Crippen LogP contribution in [-0.2, 0) is 6.54 Å². The van der Waals surface area contributed by atoms with Crippen LogP contribution in [0.1, 0.15) is 30.5 Å². The molecule has 0 aliphatic carbocycles. The molecule has 0 saturated heterocycles. The van der Waals surface area contributed by atoms with E-state index in [1.54, 1.807) is 19.1 Å². The van der Waals surface area contributed by atoms with E-state index in [0.29, 0.717) is 17.4 Å². The Balaban J connectivity index is 2.23. The molecule has 2 aromatic carbocycles. The van der Waals surface area contributed by atoms with E-state index in [1.807, 2.05) is 12.1 Å². The van der Waals surface area contributed by atoms with Crippen molar-refractivity contribution in [2.24, 2.45) is 0 Å². The van der Waals surface area contributed by atoms with E-state index in [2.05, 4.69) is 32.2 Å². The topological polar surface area (TPSA) is 21.3 Å². The van der Waals surface area contributed by atoms with E-state index >= 15 is 0 Å². The zero-order valence-electron chi connectivity index (χ0n) is 13.0. The van der Waals surface area contributed by atoms with Crippen LogP contribution in [0.25, 0.3) is 0 Å². The van der Waals surface area contributed by atoms with Gasteiger partial charge < -0.3 is 10.1 Å². The fourth-order valence-electron chi connectivity index (χ4n) is 2.07. The molecular formula is C18H22FNO. The Morgan fingerprint density at radius 2 is 1.86 bits per heavy atom. The minimum atomic E-state index is -0.215. The first kappa shape index (κ1) is 15.5. The number of ether oxygens (including phenoxy) is 1. The van der Waals surface area contributed by atoms with Crippen molar-refractivity contribution >= 4 is 0 Å². The summed E-state index contributed by atoms with van der Waals surface area (Å²) in [7, 11) is 0. The normalized spacial score (nSPS) is 11.0. The molecule has 0 spiro atoms. The molecule has 3 heteroatoms. The van der Waals surface area contributed by atoms with Gasteiger partial charge in [-0.05, 0) is 43.7 Å². The average molecular weight is 287 g/mol. The second-order valence-corrected chi connectivity index (χ2v) is 5.66. The number of halogens is 1. The van der Waals surface area contributed by atoms with Gasteiger partial charge in [0.05, 0.1) is 0 Å². The summed E-state index contributed by atoms with van der Waals surface area (Å²) in [5.41, 5.74) is 2.88. The second-order valence-electron chi connectivity index (χ2n) is 5.66. The van der Waals surface area contributed by atoms with Crippen molar-refractivity contribution in [3.8, 4) is 11.5 Å². The summed E-state index contributed by atoms with van der Waals surface area (Å²) in [6, 6.07) is 11.3. The molecule has 0 saturated carbocycles. The van der Waals surface area contributed by atoms with E-state index < -0.39 is 0 Å². The minimum Gasteiger partial charge on any atom is -0.457 e. The van der Waals surface area contributed by atoms with Crippen LogP contribution in [0.3, 0.4) is 0 Å². The largest absolute Gasteiger partial charge is 0.457 e. The van der Waals surface area contributed by atoms with Gasteiger partial charge in [-0.2, -0.15) is 0 Å². The third-order valence-electron chi connectivity index (χ3n) is 3.27. The molecule has 0 aromatic heterocycles. The molecule has 112 valence electrons. The Morgan fingerprint density at radius 3 is 2.52 bits per heavy atom. The quantitative estimate of drug-likeness (QED) is 0.858. The maximum absolute atomic E-state index is 13.3. The molecule has 0 bridgehead atoms. The molecule has 0 aliphatic heterocycles. The monoisotopic (exact) mass is 287 g/mol. The second kappa shape index (κ2) is 6.72. The summed E-state index contributed by atoms with van der Waals surface area (Å²) in [5.74, 6) is 1.25. The molecule has 0 radical (unpaired) electrons. The van der Waals surface area contributed by atoms with Crippen molar-refractivity contribution in [1.29, 1.82) is 0 Å². The molecule has 0 atom stereocenters. The Kier molecular flexibility index (Phi) is 4.97. The smallest absolute Gasteiger partial charge is 0.131 e. The van der Waals surface area contributed by atoms with Crippen molar-refractivity contribution in [3.05, 3.63) is 58.9 Å². The van der Waals surface area contributed by atoms with Crippen LogP contribution in [-0.4, -0.2) is 6.04 Å². The van der Waals surface area contributed by atoms with Crippen LogP contribution in [0.15, 0.2) is 36.4 Å². The summed E-state index contributed by atoms with van der Waals surface area (Å²) < 4.78 is 19.2. The maximum atomic E-state index is 13.3. The summed E-state index contributed by atoms with van der Waals surface area (Å²) >= 11 is 0. The Bertz CT molecular complexity index is 623. The predicted octanol–water partition coefficient (Wildman–Crippen LogP) is 4.73. The number of hydrogen-bond acceptors (Lipinski definition) is 2. The van der Waals surface area contributed by atoms with E-state index in [0.717, 1.165) is 17.9 Å². The summed E-state index contributed by atoms with van der Waals surface area (Å²) in [4.78, 5) is 0. The number of aryl methyl sites for hydroxylation is 2. The van der Waals surface area contributed by atoms with Crippen LogP contribution in [0, 0.1) is 19.7 Å². The van der Waals surface area contributed by atoms with Crippen molar-refractivity contribution in [3.63, 3.8) is 0 Å². The van der Waals surface area contributed by atoms with Gasteiger partial charge in [-0.3, -0.25) is 0 Å². The summed E-state index contributed by atoms with van der Waals surface area (Å²) in [5, 5.41) is 3.40. The highest BCUT2D eigenvalue weighted by atomic mass is 19.1. The highest BCUT2D eigenvalue weighted by molar-refractivity contribution is 5.41. The zero-order chi connectivity index (χ0) is 15.4. The molecule has 0 unspecified atom stereocenters. The Morgan fingerprint density at radius 1 is 1.10 bits per heavy atom. The van der Waals surface area contributed by atoms with Crippen molar-refractivity contribution in [2.45, 2.75) is 40.3 Å². The fourth-order valence-corrected chi connectivity index (χ4v) is 2.07. The van der Waals surface area contributed by atoms with Crippen LogP contribution >= 0.6 is 0 Å². The van der Waals surface area contributed by atoms with Gasteiger partial charge in [0, 0.05) is 18.2 Å². The van der Waals surface area contributed by atoms with Gasteiger partial charge in [-0.25, -0.2) is 4.39 Å². The van der Waals surface area contributed by atoms with Gasteiger partial charge in [-0.15, -0.1) is 0 Å². The Labute approximate surface area is 126 Å². The Hall–Kier alpha value is -1.87. The highest BCUT2D eigenvalue weighted by Crippen LogP contribution is 2.27. The average Bonchev–Trinajstić information content (AvgIpc) is 2.43. The molecule has 21 heavy (non-hydrogen) atoms. The lowest BCUT2D eigenvalue weighted by Gasteiger charge is -2.14. The van der Waals surface area contributed by atoms with E-state index in [1.165, 1.54) is 11.6 Å². The summed E-state index contributed by atoms with van der Waals surface area (Å²) in [6.07, 6.45) is 0. The molecule has 2 rings (SSSR count). The van der Waals surface area contributed by atoms with Gasteiger partial charge in [0.25, 0.3) is 0 Å². The lowest BCUT2D eigenvalue weighted by molar-refractivity contribution is 0.467. The van der Waals surface area contributed by atoms with E-state index in [9.17, 15) is 4.39 Å². The molecule has 2 nitrogen and oxygen atoms in total. The first-order valence-electron chi connectivity index (χ1n) is 7.22. The van der Waals surface area contributed by atoms with Crippen molar-refractivity contribution < 1.29 is 9.13 Å². The van der Waals surface area contributed by atoms with Gasteiger partial charge in [0.2, 0.25) is 0 Å². The number of benzene rings is 2. The standard InChI is InChI=1S/C18H22FNO/c1-12(2)20-11-15-9-13(3)5-8-18(15)21-16-6-7-17(19)14(4)10-16/h5-10,12,20H,11H2,1-4H3. The first-order chi connectivity index (χ1) is 9.95. The van der Waals surface area contributed by atoms with Crippen LogP contribution < -0.4 is 10.1 Å². The van der Waals surface area contributed by atoms with E-state index in [-0.39, 0.29) is 5.82 Å². The van der Waals surface area contributed by atoms with Gasteiger partial charge in [-0.1, -0.05) is 31.5 Å². The van der Waals surface area contributed by atoms with Crippen LogP contribution in [0.5, 0.6) is 11.5 Å². The zero-order valence-corrected chi connectivity index (χ0v) is 13.0. The minimum absolute atomic E-state index is 0.215. The lowest BCUT2D eigenvalue weighted by Crippen LogP contribution is -2.22. The maximum Gasteiger partial charge on any atom is 0.131 e. The van der Waals surface area contributed by atoms with Crippen molar-refractivity contribution in [1.82, 2.24) is 5.32 Å². The molecule has 0 aliphatic rings. The molecule has 2 aromatic rings. The molecule has 0 heterocycles. The number of hydrogen-bond donors (Lipinski definition) is 1. The highest BCUT2D eigenvalue weighted by Gasteiger charge is 2.07. The molecule has 1 N–H and O–H groups in total. The summed E-state index contributed by atoms with van der Waals surface area (Å²) in [6.45, 7) is 8.76. The van der Waals surface area contributed by atoms with E-state index in [4.69, 9.17) is 4.74 Å². The third kappa shape index (κ3) is 4.30. The van der Waals surface area contributed by atoms with Crippen LogP contribution in [0.2, 0.25) is 0 Å². The number of rotatable bonds is 5.